The quantitative estimate of drug-likeness (QED) is 0.715. The van der Waals surface area contributed by atoms with Crippen LogP contribution < -0.4 is 0 Å². The molecule has 1 aromatic carbocycles. The Morgan fingerprint density at radius 3 is 2.82 bits per heavy atom. The second kappa shape index (κ2) is 4.50. The van der Waals surface area contributed by atoms with Crippen molar-refractivity contribution in [2.45, 2.75) is 13.8 Å². The van der Waals surface area contributed by atoms with E-state index >= 15 is 0 Å². The lowest BCUT2D eigenvalue weighted by molar-refractivity contribution is 1.22. The van der Waals surface area contributed by atoms with Gasteiger partial charge in [-0.15, -0.1) is 0 Å². The van der Waals surface area contributed by atoms with Crippen molar-refractivity contribution in [3.8, 4) is 0 Å². The van der Waals surface area contributed by atoms with Crippen LogP contribution in [-0.4, -0.2) is 17.7 Å². The first-order chi connectivity index (χ1) is 8.17. The van der Waals surface area contributed by atoms with E-state index in [0.29, 0.717) is 0 Å². The van der Waals surface area contributed by atoms with Crippen molar-refractivity contribution in [1.29, 1.82) is 0 Å². The average molecular weight is 224 g/mol. The lowest BCUT2D eigenvalue weighted by Crippen LogP contribution is -2.00. The Hall–Kier alpha value is -1.96. The Balaban J connectivity index is 2.88. The first kappa shape index (κ1) is 11.5. The normalized spacial score (nSPS) is 11.8. The highest BCUT2D eigenvalue weighted by molar-refractivity contribution is 6.12. The van der Waals surface area contributed by atoms with Crippen LogP contribution in [0.5, 0.6) is 0 Å². The zero-order valence-corrected chi connectivity index (χ0v) is 10.5. The summed E-state index contributed by atoms with van der Waals surface area (Å²) in [5.41, 5.74) is 4.27. The Kier molecular flexibility index (Phi) is 3.05. The third kappa shape index (κ3) is 1.98. The third-order valence-corrected chi connectivity index (χ3v) is 2.99. The van der Waals surface area contributed by atoms with Gasteiger partial charge in [0.25, 0.3) is 0 Å². The van der Waals surface area contributed by atoms with Crippen LogP contribution >= 0.6 is 0 Å². The highest BCUT2D eigenvalue weighted by Gasteiger charge is 2.08. The van der Waals surface area contributed by atoms with Gasteiger partial charge in [-0.25, -0.2) is 0 Å². The van der Waals surface area contributed by atoms with Crippen LogP contribution in [0.15, 0.2) is 36.0 Å². The second-order valence-electron chi connectivity index (χ2n) is 4.09. The zero-order chi connectivity index (χ0) is 12.4. The van der Waals surface area contributed by atoms with Crippen molar-refractivity contribution in [2.24, 2.45) is 4.99 Å². The van der Waals surface area contributed by atoms with Gasteiger partial charge in [0, 0.05) is 35.6 Å². The van der Waals surface area contributed by atoms with E-state index < -0.39 is 0 Å². The molecule has 1 heterocycles. The first-order valence-electron chi connectivity index (χ1n) is 5.63. The topological polar surface area (TPSA) is 25.2 Å². The minimum atomic E-state index is 1.01. The predicted octanol–water partition coefficient (Wildman–Crippen LogP) is 3.63. The van der Waals surface area contributed by atoms with E-state index in [9.17, 15) is 0 Å². The molecule has 86 valence electrons. The molecule has 2 nitrogen and oxygen atoms in total. The van der Waals surface area contributed by atoms with Crippen LogP contribution in [0.3, 0.4) is 0 Å². The van der Waals surface area contributed by atoms with Gasteiger partial charge >= 0.3 is 0 Å². The van der Waals surface area contributed by atoms with Crippen LogP contribution in [-0.2, 0) is 0 Å². The Labute approximate surface area is 102 Å². The standard InChI is InChI=1S/C15H16N2/c1-5-12-6-7-13-8-10(2)17-9-14(13)15(12)11(3)16-4/h5-9H,1H2,2-4H3/b16-11-. The Morgan fingerprint density at radius 1 is 1.41 bits per heavy atom. The van der Waals surface area contributed by atoms with Crippen molar-refractivity contribution in [2.75, 3.05) is 7.05 Å². The molecule has 0 aliphatic heterocycles. The number of hydrogen-bond donors (Lipinski definition) is 0. The molecule has 0 spiro atoms. The van der Waals surface area contributed by atoms with Crippen LogP contribution in [0.25, 0.3) is 16.8 Å². The van der Waals surface area contributed by atoms with Crippen molar-refractivity contribution in [3.63, 3.8) is 0 Å². The molecule has 0 radical (unpaired) electrons. The summed E-state index contributed by atoms with van der Waals surface area (Å²) in [6.45, 7) is 7.87. The van der Waals surface area contributed by atoms with Gasteiger partial charge in [0.15, 0.2) is 0 Å². The Morgan fingerprint density at radius 2 is 2.18 bits per heavy atom. The summed E-state index contributed by atoms with van der Waals surface area (Å²) in [5.74, 6) is 0. The summed E-state index contributed by atoms with van der Waals surface area (Å²) in [7, 11) is 1.81. The fraction of sp³-hybridized carbons (Fsp3) is 0.200. The number of pyridine rings is 1. The van der Waals surface area contributed by atoms with E-state index in [4.69, 9.17) is 0 Å². The summed E-state index contributed by atoms with van der Waals surface area (Å²) in [6.07, 6.45) is 3.78. The number of nitrogens with zero attached hydrogens (tertiary/aromatic N) is 2. The number of benzene rings is 1. The largest absolute Gasteiger partial charge is 0.293 e. The van der Waals surface area contributed by atoms with E-state index in [1.807, 2.05) is 33.2 Å². The predicted molar refractivity (Wildman–Crippen MR) is 74.7 cm³/mol. The van der Waals surface area contributed by atoms with Crippen LogP contribution in [0, 0.1) is 6.92 Å². The number of aryl methyl sites for hydroxylation is 1. The molecule has 2 rings (SSSR count). The van der Waals surface area contributed by atoms with Gasteiger partial charge in [-0.1, -0.05) is 24.8 Å². The van der Waals surface area contributed by atoms with E-state index in [1.165, 1.54) is 5.39 Å². The van der Waals surface area contributed by atoms with Crippen molar-refractivity contribution in [1.82, 2.24) is 4.98 Å². The second-order valence-corrected chi connectivity index (χ2v) is 4.09. The smallest absolute Gasteiger partial charge is 0.0398 e. The summed E-state index contributed by atoms with van der Waals surface area (Å²) in [4.78, 5) is 8.65. The van der Waals surface area contributed by atoms with E-state index in [-0.39, 0.29) is 0 Å². The highest BCUT2D eigenvalue weighted by Crippen LogP contribution is 2.24. The molecule has 0 atom stereocenters. The molecule has 0 N–H and O–H groups in total. The molecule has 1 aromatic heterocycles. The van der Waals surface area contributed by atoms with Crippen molar-refractivity contribution in [3.05, 3.63) is 47.8 Å². The molecule has 0 saturated heterocycles. The molecule has 0 aliphatic carbocycles. The number of hydrogen-bond acceptors (Lipinski definition) is 2. The minimum Gasteiger partial charge on any atom is -0.293 e. The zero-order valence-electron chi connectivity index (χ0n) is 10.5. The fourth-order valence-electron chi connectivity index (χ4n) is 2.03. The first-order valence-corrected chi connectivity index (χ1v) is 5.63. The van der Waals surface area contributed by atoms with Crippen molar-refractivity contribution >= 4 is 22.6 Å². The number of fused-ring (bicyclic) bond motifs is 1. The summed E-state index contributed by atoms with van der Waals surface area (Å²) >= 11 is 0. The molecule has 2 aromatic rings. The van der Waals surface area contributed by atoms with E-state index in [2.05, 4.69) is 34.8 Å². The van der Waals surface area contributed by atoms with E-state index in [1.54, 1.807) is 0 Å². The molecular weight excluding hydrogens is 208 g/mol. The molecule has 0 unspecified atom stereocenters. The van der Waals surface area contributed by atoms with Crippen molar-refractivity contribution < 1.29 is 0 Å². The summed E-state index contributed by atoms with van der Waals surface area (Å²) < 4.78 is 0. The fourth-order valence-corrected chi connectivity index (χ4v) is 2.03. The highest BCUT2D eigenvalue weighted by atomic mass is 14.7. The maximum Gasteiger partial charge on any atom is 0.0398 e. The van der Waals surface area contributed by atoms with Gasteiger partial charge in [-0.3, -0.25) is 9.98 Å². The van der Waals surface area contributed by atoms with Crippen LogP contribution in [0.4, 0.5) is 0 Å². The maximum atomic E-state index is 4.37. The molecule has 0 fully saturated rings. The summed E-state index contributed by atoms with van der Waals surface area (Å²) in [6, 6.07) is 6.28. The summed E-state index contributed by atoms with van der Waals surface area (Å²) in [5, 5.41) is 2.33. The SMILES string of the molecule is C=Cc1ccc2cc(C)ncc2c1/C(C)=N\C. The molecule has 0 amide bonds. The monoisotopic (exact) mass is 224 g/mol. The molecular formula is C15H16N2. The Bertz CT molecular complexity index is 610. The van der Waals surface area contributed by atoms with E-state index in [0.717, 1.165) is 27.9 Å². The van der Waals surface area contributed by atoms with Gasteiger partial charge in [0.1, 0.15) is 0 Å². The molecule has 17 heavy (non-hydrogen) atoms. The van der Waals surface area contributed by atoms with Gasteiger partial charge < -0.3 is 0 Å². The lowest BCUT2D eigenvalue weighted by Gasteiger charge is -2.10. The minimum absolute atomic E-state index is 1.01. The molecule has 0 bridgehead atoms. The molecule has 0 aliphatic rings. The third-order valence-electron chi connectivity index (χ3n) is 2.99. The van der Waals surface area contributed by atoms with Crippen LogP contribution in [0.1, 0.15) is 23.7 Å². The van der Waals surface area contributed by atoms with Crippen LogP contribution in [0.2, 0.25) is 0 Å². The molecule has 2 heteroatoms. The number of aromatic nitrogens is 1. The van der Waals surface area contributed by atoms with Gasteiger partial charge in [-0.2, -0.15) is 0 Å². The average Bonchev–Trinajstić information content (AvgIpc) is 2.36. The van der Waals surface area contributed by atoms with Gasteiger partial charge in [-0.05, 0) is 30.9 Å². The molecule has 0 saturated carbocycles. The number of rotatable bonds is 2. The van der Waals surface area contributed by atoms with Gasteiger partial charge in [0.05, 0.1) is 0 Å². The number of aliphatic imine (C=N–C) groups is 1. The maximum absolute atomic E-state index is 4.37. The van der Waals surface area contributed by atoms with Gasteiger partial charge in [0.2, 0.25) is 0 Å². The lowest BCUT2D eigenvalue weighted by atomic mass is 9.97.